The van der Waals surface area contributed by atoms with E-state index in [-0.39, 0.29) is 23.8 Å². The number of amides is 1. The van der Waals surface area contributed by atoms with E-state index < -0.39 is 0 Å². The van der Waals surface area contributed by atoms with Crippen molar-refractivity contribution < 1.29 is 19.4 Å². The van der Waals surface area contributed by atoms with Gasteiger partial charge >= 0.3 is 0 Å². The minimum atomic E-state index is -0.123. The highest BCUT2D eigenvalue weighted by atomic mass is 16.5. The molecule has 5 heteroatoms. The Morgan fingerprint density at radius 3 is 2.70 bits per heavy atom. The molecule has 1 saturated heterocycles. The summed E-state index contributed by atoms with van der Waals surface area (Å²) in [6, 6.07) is 14.3. The number of carbonyl (C=O) groups is 1. The Morgan fingerprint density at radius 2 is 1.93 bits per heavy atom. The van der Waals surface area contributed by atoms with Gasteiger partial charge in [-0.3, -0.25) is 4.79 Å². The second-order valence-corrected chi connectivity index (χ2v) is 7.39. The van der Waals surface area contributed by atoms with Crippen molar-refractivity contribution in [3.8, 4) is 16.9 Å². The molecule has 2 fully saturated rings. The molecule has 2 atom stereocenters. The van der Waals surface area contributed by atoms with Crippen LogP contribution >= 0.6 is 0 Å². The number of nitrogens with one attached hydrogen (secondary N) is 1. The van der Waals surface area contributed by atoms with Gasteiger partial charge in [-0.2, -0.15) is 0 Å². The van der Waals surface area contributed by atoms with Crippen LogP contribution in [0.2, 0.25) is 0 Å². The molecule has 27 heavy (non-hydrogen) atoms. The summed E-state index contributed by atoms with van der Waals surface area (Å²) in [6.45, 7) is 1.95. The van der Waals surface area contributed by atoms with Crippen molar-refractivity contribution in [2.45, 2.75) is 31.4 Å². The summed E-state index contributed by atoms with van der Waals surface area (Å²) in [5.74, 6) is 0.805. The topological polar surface area (TPSA) is 67.8 Å². The van der Waals surface area contributed by atoms with Crippen LogP contribution in [0.1, 0.15) is 29.6 Å². The van der Waals surface area contributed by atoms with Crippen LogP contribution in [0.3, 0.4) is 0 Å². The number of phenolic OH excluding ortho intramolecular Hbond substituents is 1. The number of phenols is 1. The minimum Gasteiger partial charge on any atom is -0.508 e. The van der Waals surface area contributed by atoms with Crippen LogP contribution in [-0.2, 0) is 9.47 Å². The highest BCUT2D eigenvalue weighted by molar-refractivity contribution is 5.95. The molecule has 1 heterocycles. The zero-order valence-electron chi connectivity index (χ0n) is 15.3. The van der Waals surface area contributed by atoms with Crippen molar-refractivity contribution in [3.63, 3.8) is 0 Å². The lowest BCUT2D eigenvalue weighted by Crippen LogP contribution is -2.50. The Bertz CT molecular complexity index is 785. The van der Waals surface area contributed by atoms with Crippen LogP contribution in [0.25, 0.3) is 11.1 Å². The Balaban J connectivity index is 1.43. The Morgan fingerprint density at radius 1 is 1.11 bits per heavy atom. The maximum Gasteiger partial charge on any atom is 0.251 e. The zero-order valence-corrected chi connectivity index (χ0v) is 15.3. The highest BCUT2D eigenvalue weighted by Gasteiger charge is 2.30. The Hall–Kier alpha value is -2.37. The first-order chi connectivity index (χ1) is 13.2. The fraction of sp³-hybridized carbons (Fsp3) is 0.409. The molecule has 1 aliphatic carbocycles. The predicted octanol–water partition coefficient (Wildman–Crippen LogP) is 3.37. The second-order valence-electron chi connectivity index (χ2n) is 7.39. The average molecular weight is 367 g/mol. The van der Waals surface area contributed by atoms with Crippen molar-refractivity contribution >= 4 is 5.91 Å². The molecule has 0 spiro atoms. The molecule has 2 aliphatic rings. The summed E-state index contributed by atoms with van der Waals surface area (Å²) in [4.78, 5) is 12.8. The highest BCUT2D eigenvalue weighted by Crippen LogP contribution is 2.30. The summed E-state index contributed by atoms with van der Waals surface area (Å²) in [7, 11) is 0. The van der Waals surface area contributed by atoms with E-state index in [4.69, 9.17) is 9.47 Å². The van der Waals surface area contributed by atoms with E-state index in [0.717, 1.165) is 24.2 Å². The van der Waals surface area contributed by atoms with Crippen molar-refractivity contribution in [2.75, 3.05) is 19.8 Å². The van der Waals surface area contributed by atoms with Gasteiger partial charge in [-0.05, 0) is 60.6 Å². The van der Waals surface area contributed by atoms with Gasteiger partial charge in [0.15, 0.2) is 0 Å². The summed E-state index contributed by atoms with van der Waals surface area (Å²) in [6.07, 6.45) is 3.34. The van der Waals surface area contributed by atoms with Crippen LogP contribution in [-0.4, -0.2) is 43.0 Å². The van der Waals surface area contributed by atoms with E-state index in [2.05, 4.69) is 5.32 Å². The van der Waals surface area contributed by atoms with Crippen LogP contribution in [0.4, 0.5) is 0 Å². The van der Waals surface area contributed by atoms with Crippen LogP contribution in [0.5, 0.6) is 5.75 Å². The zero-order chi connectivity index (χ0) is 18.6. The predicted molar refractivity (Wildman–Crippen MR) is 103 cm³/mol. The number of hydrogen-bond acceptors (Lipinski definition) is 4. The lowest BCUT2D eigenvalue weighted by molar-refractivity contribution is -0.0567. The second kappa shape index (κ2) is 8.11. The molecule has 2 N–H and O–H groups in total. The average Bonchev–Trinajstić information content (AvgIpc) is 3.52. The monoisotopic (exact) mass is 367 g/mol. The van der Waals surface area contributed by atoms with Crippen molar-refractivity contribution in [2.24, 2.45) is 5.92 Å². The third kappa shape index (κ3) is 4.67. The molecule has 4 rings (SSSR count). The van der Waals surface area contributed by atoms with Gasteiger partial charge in [-0.15, -0.1) is 0 Å². The summed E-state index contributed by atoms with van der Waals surface area (Å²) in [5, 5.41) is 12.5. The van der Waals surface area contributed by atoms with Crippen molar-refractivity contribution in [3.05, 3.63) is 54.1 Å². The molecule has 1 saturated carbocycles. The fourth-order valence-electron chi connectivity index (χ4n) is 3.34. The van der Waals surface area contributed by atoms with Gasteiger partial charge in [0.05, 0.1) is 18.8 Å². The number of aromatic hydroxyl groups is 1. The molecule has 142 valence electrons. The number of benzene rings is 2. The molecular formula is C22H25NO4. The van der Waals surface area contributed by atoms with Crippen LogP contribution in [0.15, 0.2) is 48.5 Å². The SMILES string of the molecule is O=C(N[C@@H]1COCC[C@@H]1OCC1CC1)c1cccc(-c2ccc(O)cc2)c1. The summed E-state index contributed by atoms with van der Waals surface area (Å²) in [5.41, 5.74) is 2.49. The van der Waals surface area contributed by atoms with Gasteiger partial charge in [0, 0.05) is 18.8 Å². The lowest BCUT2D eigenvalue weighted by atomic mass is 10.0. The van der Waals surface area contributed by atoms with E-state index in [1.165, 1.54) is 12.8 Å². The first-order valence-corrected chi connectivity index (χ1v) is 9.59. The van der Waals surface area contributed by atoms with E-state index >= 15 is 0 Å². The minimum absolute atomic E-state index is 0.0172. The van der Waals surface area contributed by atoms with Gasteiger partial charge in [-0.25, -0.2) is 0 Å². The van der Waals surface area contributed by atoms with E-state index in [0.29, 0.717) is 24.7 Å². The number of rotatable bonds is 6. The van der Waals surface area contributed by atoms with E-state index in [1.54, 1.807) is 12.1 Å². The smallest absolute Gasteiger partial charge is 0.251 e. The number of ether oxygens (including phenoxy) is 2. The number of carbonyl (C=O) groups excluding carboxylic acids is 1. The Labute approximate surface area is 159 Å². The van der Waals surface area contributed by atoms with Gasteiger partial charge < -0.3 is 19.9 Å². The van der Waals surface area contributed by atoms with Crippen molar-refractivity contribution in [1.29, 1.82) is 0 Å². The van der Waals surface area contributed by atoms with E-state index in [9.17, 15) is 9.90 Å². The van der Waals surface area contributed by atoms with Crippen LogP contribution in [0, 0.1) is 5.92 Å². The van der Waals surface area contributed by atoms with E-state index in [1.807, 2.05) is 36.4 Å². The third-order valence-corrected chi connectivity index (χ3v) is 5.18. The molecule has 5 nitrogen and oxygen atoms in total. The first-order valence-electron chi connectivity index (χ1n) is 9.59. The molecule has 0 aromatic heterocycles. The van der Waals surface area contributed by atoms with Gasteiger partial charge in [-0.1, -0.05) is 24.3 Å². The normalized spacial score (nSPS) is 22.4. The maximum atomic E-state index is 12.8. The first kappa shape index (κ1) is 18.0. The molecule has 0 radical (unpaired) electrons. The molecule has 2 aromatic carbocycles. The van der Waals surface area contributed by atoms with Gasteiger partial charge in [0.25, 0.3) is 5.91 Å². The molecule has 1 amide bonds. The summed E-state index contributed by atoms with van der Waals surface area (Å²) < 4.78 is 11.6. The molecule has 0 unspecified atom stereocenters. The largest absolute Gasteiger partial charge is 0.508 e. The lowest BCUT2D eigenvalue weighted by Gasteiger charge is -2.32. The van der Waals surface area contributed by atoms with Gasteiger partial charge in [0.2, 0.25) is 0 Å². The number of hydrogen-bond donors (Lipinski definition) is 2. The fourth-order valence-corrected chi connectivity index (χ4v) is 3.34. The molecule has 2 aromatic rings. The van der Waals surface area contributed by atoms with Gasteiger partial charge in [0.1, 0.15) is 5.75 Å². The van der Waals surface area contributed by atoms with Crippen LogP contribution < -0.4 is 5.32 Å². The maximum absolute atomic E-state index is 12.8. The quantitative estimate of drug-likeness (QED) is 0.821. The Kier molecular flexibility index (Phi) is 5.41. The third-order valence-electron chi connectivity index (χ3n) is 5.18. The van der Waals surface area contributed by atoms with Crippen molar-refractivity contribution in [1.82, 2.24) is 5.32 Å². The molecule has 0 bridgehead atoms. The molecule has 1 aliphatic heterocycles. The molecular weight excluding hydrogens is 342 g/mol. The standard InChI is InChI=1S/C22H25NO4/c24-19-8-6-16(7-9-19)17-2-1-3-18(12-17)22(25)23-20-14-26-11-10-21(20)27-13-15-4-5-15/h1-3,6-9,12,15,20-21,24H,4-5,10-11,13-14H2,(H,23,25)/t20-,21+/m1/s1. The summed E-state index contributed by atoms with van der Waals surface area (Å²) >= 11 is 0.